The molecule has 0 bridgehead atoms. The van der Waals surface area contributed by atoms with Crippen molar-refractivity contribution in [2.75, 3.05) is 19.7 Å². The highest BCUT2D eigenvalue weighted by molar-refractivity contribution is 7.89. The number of aryl methyl sites for hydroxylation is 1. The van der Waals surface area contributed by atoms with Crippen LogP contribution < -0.4 is 0 Å². The van der Waals surface area contributed by atoms with Gasteiger partial charge < -0.3 is 4.74 Å². The quantitative estimate of drug-likeness (QED) is 0.815. The van der Waals surface area contributed by atoms with E-state index in [1.165, 1.54) is 9.87 Å². The number of morpholine rings is 1. The summed E-state index contributed by atoms with van der Waals surface area (Å²) >= 11 is 0. The Morgan fingerprint density at radius 2 is 1.62 bits per heavy atom. The molecule has 1 aliphatic rings. The fraction of sp³-hybridized carbons (Fsp3) is 0.429. The Labute approximate surface area is 156 Å². The molecular weight excluding hydrogens is 346 g/mol. The average molecular weight is 374 g/mol. The molecule has 0 aliphatic carbocycles. The van der Waals surface area contributed by atoms with Crippen LogP contribution in [0.4, 0.5) is 0 Å². The van der Waals surface area contributed by atoms with Gasteiger partial charge in [0.15, 0.2) is 0 Å². The van der Waals surface area contributed by atoms with Gasteiger partial charge in [-0.2, -0.15) is 4.31 Å². The molecule has 5 heteroatoms. The van der Waals surface area contributed by atoms with Crippen molar-refractivity contribution in [3.63, 3.8) is 0 Å². The van der Waals surface area contributed by atoms with Crippen LogP contribution in [0.5, 0.6) is 0 Å². The number of sulfonamides is 1. The van der Waals surface area contributed by atoms with Gasteiger partial charge in [0.25, 0.3) is 0 Å². The lowest BCUT2D eigenvalue weighted by Gasteiger charge is -2.32. The highest BCUT2D eigenvalue weighted by Gasteiger charge is 2.31. The summed E-state index contributed by atoms with van der Waals surface area (Å²) in [6.45, 7) is 9.50. The van der Waals surface area contributed by atoms with Crippen LogP contribution in [0.25, 0.3) is 0 Å². The third-order valence-corrected chi connectivity index (χ3v) is 6.72. The van der Waals surface area contributed by atoms with Crippen LogP contribution in [-0.4, -0.2) is 32.4 Å². The topological polar surface area (TPSA) is 46.6 Å². The Kier molecular flexibility index (Phi) is 5.24. The first-order valence-corrected chi connectivity index (χ1v) is 10.4. The summed E-state index contributed by atoms with van der Waals surface area (Å²) in [5, 5.41) is 0. The molecule has 26 heavy (non-hydrogen) atoms. The Hall–Kier alpha value is -1.69. The average Bonchev–Trinajstić information content (AvgIpc) is 2.62. The molecular formula is C21H27NO3S. The van der Waals surface area contributed by atoms with E-state index in [0.717, 1.165) is 11.1 Å². The van der Waals surface area contributed by atoms with E-state index in [2.05, 4.69) is 20.8 Å². The first-order valence-electron chi connectivity index (χ1n) is 8.97. The van der Waals surface area contributed by atoms with Crippen LogP contribution in [0.2, 0.25) is 0 Å². The molecule has 1 fully saturated rings. The van der Waals surface area contributed by atoms with E-state index >= 15 is 0 Å². The zero-order chi connectivity index (χ0) is 18.9. The van der Waals surface area contributed by atoms with Crippen molar-refractivity contribution < 1.29 is 13.2 Å². The number of ether oxygens (including phenoxy) is 1. The maximum atomic E-state index is 13.0. The van der Waals surface area contributed by atoms with Crippen molar-refractivity contribution in [3.8, 4) is 0 Å². The van der Waals surface area contributed by atoms with Gasteiger partial charge in [0.1, 0.15) is 0 Å². The SMILES string of the molecule is Cc1ccc(C2CN(S(=O)(=O)c3ccc(C(C)(C)C)cc3)CCO2)cc1. The maximum Gasteiger partial charge on any atom is 0.243 e. The highest BCUT2D eigenvalue weighted by Crippen LogP contribution is 2.28. The van der Waals surface area contributed by atoms with Gasteiger partial charge in [-0.3, -0.25) is 0 Å². The van der Waals surface area contributed by atoms with Gasteiger partial charge in [-0.05, 0) is 35.6 Å². The summed E-state index contributed by atoms with van der Waals surface area (Å²) in [5.74, 6) is 0. The van der Waals surface area contributed by atoms with E-state index in [9.17, 15) is 8.42 Å². The minimum Gasteiger partial charge on any atom is -0.371 e. The summed E-state index contributed by atoms with van der Waals surface area (Å²) in [7, 11) is -3.52. The molecule has 0 radical (unpaired) electrons. The van der Waals surface area contributed by atoms with E-state index in [0.29, 0.717) is 24.6 Å². The van der Waals surface area contributed by atoms with Crippen molar-refractivity contribution in [2.24, 2.45) is 0 Å². The molecule has 1 unspecified atom stereocenters. The molecule has 1 atom stereocenters. The van der Waals surface area contributed by atoms with E-state index in [1.807, 2.05) is 43.3 Å². The van der Waals surface area contributed by atoms with E-state index in [-0.39, 0.29) is 11.5 Å². The van der Waals surface area contributed by atoms with Crippen LogP contribution in [0.15, 0.2) is 53.4 Å². The largest absolute Gasteiger partial charge is 0.371 e. The first-order chi connectivity index (χ1) is 12.2. The van der Waals surface area contributed by atoms with Gasteiger partial charge in [0, 0.05) is 13.1 Å². The summed E-state index contributed by atoms with van der Waals surface area (Å²) < 4.78 is 33.5. The van der Waals surface area contributed by atoms with Crippen molar-refractivity contribution in [1.29, 1.82) is 0 Å². The lowest BCUT2D eigenvalue weighted by molar-refractivity contribution is -0.00256. The monoisotopic (exact) mass is 373 g/mol. The molecule has 0 spiro atoms. The zero-order valence-corrected chi connectivity index (χ0v) is 16.7. The smallest absolute Gasteiger partial charge is 0.243 e. The molecule has 3 rings (SSSR count). The predicted molar refractivity (Wildman–Crippen MR) is 104 cm³/mol. The molecule has 140 valence electrons. The summed E-state index contributed by atoms with van der Waals surface area (Å²) in [6.07, 6.45) is -0.229. The van der Waals surface area contributed by atoms with Crippen molar-refractivity contribution >= 4 is 10.0 Å². The van der Waals surface area contributed by atoms with Gasteiger partial charge in [-0.25, -0.2) is 8.42 Å². The van der Waals surface area contributed by atoms with Crippen LogP contribution >= 0.6 is 0 Å². The third-order valence-electron chi connectivity index (χ3n) is 4.84. The van der Waals surface area contributed by atoms with Crippen LogP contribution in [0.3, 0.4) is 0 Å². The number of nitrogens with zero attached hydrogens (tertiary/aromatic N) is 1. The molecule has 1 heterocycles. The molecule has 0 N–H and O–H groups in total. The van der Waals surface area contributed by atoms with Crippen LogP contribution in [0.1, 0.15) is 43.6 Å². The molecule has 0 aromatic heterocycles. The summed E-state index contributed by atoms with van der Waals surface area (Å²) in [6, 6.07) is 15.3. The van der Waals surface area contributed by atoms with Crippen LogP contribution in [-0.2, 0) is 20.2 Å². The van der Waals surface area contributed by atoms with Gasteiger partial charge in [-0.15, -0.1) is 0 Å². The van der Waals surface area contributed by atoms with Gasteiger partial charge in [-0.1, -0.05) is 62.7 Å². The minimum absolute atomic E-state index is 0.00219. The molecule has 1 aliphatic heterocycles. The van der Waals surface area contributed by atoms with Gasteiger partial charge in [0.05, 0.1) is 17.6 Å². The molecule has 2 aromatic rings. The Bertz CT molecular complexity index is 850. The second-order valence-corrected chi connectivity index (χ2v) is 9.85. The lowest BCUT2D eigenvalue weighted by Crippen LogP contribution is -2.42. The Morgan fingerprint density at radius 3 is 2.19 bits per heavy atom. The first kappa shape index (κ1) is 19.1. The highest BCUT2D eigenvalue weighted by atomic mass is 32.2. The fourth-order valence-electron chi connectivity index (χ4n) is 3.10. The van der Waals surface area contributed by atoms with E-state index in [1.54, 1.807) is 12.1 Å². The Morgan fingerprint density at radius 1 is 1.00 bits per heavy atom. The van der Waals surface area contributed by atoms with Gasteiger partial charge in [0.2, 0.25) is 10.0 Å². The summed E-state index contributed by atoms with van der Waals surface area (Å²) in [4.78, 5) is 0.343. The molecule has 4 nitrogen and oxygen atoms in total. The van der Waals surface area contributed by atoms with Crippen LogP contribution in [0, 0.1) is 6.92 Å². The molecule has 0 saturated carbocycles. The summed E-state index contributed by atoms with van der Waals surface area (Å²) in [5.41, 5.74) is 3.31. The standard InChI is InChI=1S/C21H27NO3S/c1-16-5-7-17(8-6-16)20-15-22(13-14-25-20)26(23,24)19-11-9-18(10-12-19)21(2,3)4/h5-12,20H,13-15H2,1-4H3. The van der Waals surface area contributed by atoms with Crippen molar-refractivity contribution in [1.82, 2.24) is 4.31 Å². The lowest BCUT2D eigenvalue weighted by atomic mass is 9.87. The van der Waals surface area contributed by atoms with Crippen molar-refractivity contribution in [3.05, 3.63) is 65.2 Å². The second-order valence-electron chi connectivity index (χ2n) is 7.91. The minimum atomic E-state index is -3.52. The zero-order valence-electron chi connectivity index (χ0n) is 15.9. The number of hydrogen-bond acceptors (Lipinski definition) is 3. The second kappa shape index (κ2) is 7.14. The van der Waals surface area contributed by atoms with E-state index < -0.39 is 10.0 Å². The Balaban J connectivity index is 1.81. The van der Waals surface area contributed by atoms with Gasteiger partial charge >= 0.3 is 0 Å². The predicted octanol–water partition coefficient (Wildman–Crippen LogP) is 4.05. The number of hydrogen-bond donors (Lipinski definition) is 0. The number of rotatable bonds is 3. The number of benzene rings is 2. The van der Waals surface area contributed by atoms with E-state index in [4.69, 9.17) is 4.74 Å². The van der Waals surface area contributed by atoms with Crippen molar-refractivity contribution in [2.45, 2.75) is 44.1 Å². The normalized spacial score (nSPS) is 19.5. The maximum absolute atomic E-state index is 13.0. The third kappa shape index (κ3) is 4.00. The molecule has 0 amide bonds. The fourth-order valence-corrected chi connectivity index (χ4v) is 4.53. The molecule has 1 saturated heterocycles. The molecule has 2 aromatic carbocycles.